The number of anilines is 2. The Balaban J connectivity index is 3.30. The second-order valence-corrected chi connectivity index (χ2v) is 6.26. The zero-order chi connectivity index (χ0) is 15.5. The number of likely N-dealkylation sites (N-methyl/N-ethyl adjacent to an activating group) is 1. The van der Waals surface area contributed by atoms with Crippen LogP contribution in [0.4, 0.5) is 11.6 Å². The van der Waals surface area contributed by atoms with Gasteiger partial charge in [-0.2, -0.15) is 0 Å². The van der Waals surface area contributed by atoms with E-state index in [1.165, 1.54) is 0 Å². The highest BCUT2D eigenvalue weighted by Gasteiger charge is 2.23. The van der Waals surface area contributed by atoms with E-state index >= 15 is 0 Å². The smallest absolute Gasteiger partial charge is 0.138 e. The van der Waals surface area contributed by atoms with Gasteiger partial charge in [0, 0.05) is 32.2 Å². The van der Waals surface area contributed by atoms with Crippen LogP contribution < -0.4 is 10.2 Å². The van der Waals surface area contributed by atoms with Gasteiger partial charge in [-0.15, -0.1) is 0 Å². The van der Waals surface area contributed by atoms with Gasteiger partial charge in [0.25, 0.3) is 0 Å². The lowest BCUT2D eigenvalue weighted by molar-refractivity contribution is 0.183. The van der Waals surface area contributed by atoms with Crippen LogP contribution in [0.2, 0.25) is 0 Å². The maximum atomic E-state index is 5.24. The normalized spacial score (nSPS) is 13.2. The van der Waals surface area contributed by atoms with E-state index in [1.807, 2.05) is 21.0 Å². The minimum absolute atomic E-state index is 0.0839. The first-order valence-corrected chi connectivity index (χ1v) is 7.01. The van der Waals surface area contributed by atoms with Crippen LogP contribution in [0, 0.1) is 6.92 Å². The van der Waals surface area contributed by atoms with Crippen LogP contribution in [0.1, 0.15) is 39.1 Å². The highest BCUT2D eigenvalue weighted by atomic mass is 16.5. The average Bonchev–Trinajstić information content (AvgIpc) is 2.37. The van der Waals surface area contributed by atoms with Crippen LogP contribution in [-0.2, 0) is 10.2 Å². The molecule has 0 aliphatic heterocycles. The molecule has 0 aliphatic carbocycles. The monoisotopic (exact) mass is 280 g/mol. The SMILES string of the molecule is CNc1nc(C(C)(C)C)nc(N(C)C(C)COC)c1C. The molecule has 0 saturated heterocycles. The molecule has 1 N–H and O–H groups in total. The van der Waals surface area contributed by atoms with Gasteiger partial charge in [0.05, 0.1) is 12.6 Å². The number of hydrogen-bond acceptors (Lipinski definition) is 5. The van der Waals surface area contributed by atoms with Gasteiger partial charge in [0.15, 0.2) is 0 Å². The first-order valence-electron chi connectivity index (χ1n) is 7.01. The summed E-state index contributed by atoms with van der Waals surface area (Å²) in [7, 11) is 5.66. The number of ether oxygens (including phenoxy) is 1. The molecular formula is C15H28N4O. The quantitative estimate of drug-likeness (QED) is 0.898. The lowest BCUT2D eigenvalue weighted by atomic mass is 9.95. The van der Waals surface area contributed by atoms with Gasteiger partial charge in [-0.05, 0) is 13.8 Å². The van der Waals surface area contributed by atoms with Crippen LogP contribution in [0.5, 0.6) is 0 Å². The molecule has 5 heteroatoms. The number of nitrogens with zero attached hydrogens (tertiary/aromatic N) is 3. The van der Waals surface area contributed by atoms with Crippen LogP contribution >= 0.6 is 0 Å². The van der Waals surface area contributed by atoms with Crippen molar-refractivity contribution in [1.29, 1.82) is 0 Å². The van der Waals surface area contributed by atoms with E-state index in [0.29, 0.717) is 6.61 Å². The van der Waals surface area contributed by atoms with E-state index in [-0.39, 0.29) is 11.5 Å². The third-order valence-electron chi connectivity index (χ3n) is 3.43. The molecule has 0 spiro atoms. The molecule has 1 unspecified atom stereocenters. The molecule has 0 fully saturated rings. The second-order valence-electron chi connectivity index (χ2n) is 6.26. The molecule has 5 nitrogen and oxygen atoms in total. The molecule has 0 bridgehead atoms. The third kappa shape index (κ3) is 3.60. The summed E-state index contributed by atoms with van der Waals surface area (Å²) in [4.78, 5) is 11.6. The maximum absolute atomic E-state index is 5.24. The fraction of sp³-hybridized carbons (Fsp3) is 0.733. The summed E-state index contributed by atoms with van der Waals surface area (Å²) >= 11 is 0. The fourth-order valence-electron chi connectivity index (χ4n) is 1.99. The summed E-state index contributed by atoms with van der Waals surface area (Å²) in [5.41, 5.74) is 0.977. The van der Waals surface area contributed by atoms with E-state index in [2.05, 4.69) is 42.9 Å². The maximum Gasteiger partial charge on any atom is 0.138 e. The lowest BCUT2D eigenvalue weighted by Gasteiger charge is -2.29. The molecule has 114 valence electrons. The number of nitrogens with one attached hydrogen (secondary N) is 1. The van der Waals surface area contributed by atoms with Crippen molar-refractivity contribution < 1.29 is 4.74 Å². The van der Waals surface area contributed by atoms with E-state index in [4.69, 9.17) is 9.72 Å². The Hall–Kier alpha value is -1.36. The molecule has 0 aromatic carbocycles. The van der Waals surface area contributed by atoms with Crippen LogP contribution in [-0.4, -0.2) is 43.8 Å². The van der Waals surface area contributed by atoms with Crippen molar-refractivity contribution in [3.63, 3.8) is 0 Å². The molecule has 0 aliphatic rings. The van der Waals surface area contributed by atoms with E-state index in [0.717, 1.165) is 23.0 Å². The summed E-state index contributed by atoms with van der Waals surface area (Å²) in [5, 5.41) is 3.16. The molecule has 20 heavy (non-hydrogen) atoms. The van der Waals surface area contributed by atoms with Crippen molar-refractivity contribution in [3.05, 3.63) is 11.4 Å². The first kappa shape index (κ1) is 16.7. The second kappa shape index (κ2) is 6.39. The Morgan fingerprint density at radius 1 is 1.30 bits per heavy atom. The summed E-state index contributed by atoms with van der Waals surface area (Å²) in [6.07, 6.45) is 0. The van der Waals surface area contributed by atoms with E-state index in [1.54, 1.807) is 7.11 Å². The molecule has 1 rings (SSSR count). The summed E-state index contributed by atoms with van der Waals surface area (Å²) in [6, 6.07) is 0.256. The standard InChI is InChI=1S/C15H28N4O/c1-10(9-20-8)19(7)13-11(2)12(16-6)17-14(18-13)15(3,4)5/h10H,9H2,1-8H3,(H,16,17,18). The van der Waals surface area contributed by atoms with Crippen molar-refractivity contribution in [2.24, 2.45) is 0 Å². The van der Waals surface area contributed by atoms with Crippen LogP contribution in [0.3, 0.4) is 0 Å². The fourth-order valence-corrected chi connectivity index (χ4v) is 1.99. The third-order valence-corrected chi connectivity index (χ3v) is 3.43. The Bertz CT molecular complexity index is 454. The predicted molar refractivity (Wildman–Crippen MR) is 84.8 cm³/mol. The van der Waals surface area contributed by atoms with Gasteiger partial charge in [-0.3, -0.25) is 0 Å². The minimum atomic E-state index is -0.0839. The highest BCUT2D eigenvalue weighted by Crippen LogP contribution is 2.28. The molecule has 0 saturated carbocycles. The highest BCUT2D eigenvalue weighted by molar-refractivity contribution is 5.58. The van der Waals surface area contributed by atoms with Gasteiger partial charge >= 0.3 is 0 Å². The van der Waals surface area contributed by atoms with Crippen molar-refractivity contribution >= 4 is 11.6 Å². The summed E-state index contributed by atoms with van der Waals surface area (Å²) < 4.78 is 5.24. The topological polar surface area (TPSA) is 50.3 Å². The van der Waals surface area contributed by atoms with Crippen molar-refractivity contribution in [2.75, 3.05) is 38.0 Å². The Labute approximate surface area is 122 Å². The Morgan fingerprint density at radius 2 is 1.90 bits per heavy atom. The van der Waals surface area contributed by atoms with Gasteiger partial charge in [-0.1, -0.05) is 20.8 Å². The van der Waals surface area contributed by atoms with Crippen molar-refractivity contribution in [1.82, 2.24) is 9.97 Å². The number of methoxy groups -OCH3 is 1. The van der Waals surface area contributed by atoms with Gasteiger partial charge in [0.2, 0.25) is 0 Å². The number of aromatic nitrogens is 2. The zero-order valence-corrected chi connectivity index (χ0v) is 14.0. The largest absolute Gasteiger partial charge is 0.383 e. The molecule has 1 heterocycles. The minimum Gasteiger partial charge on any atom is -0.383 e. The van der Waals surface area contributed by atoms with Crippen LogP contribution in [0.25, 0.3) is 0 Å². The van der Waals surface area contributed by atoms with E-state index < -0.39 is 0 Å². The molecule has 1 aromatic rings. The molecule has 0 amide bonds. The molecule has 1 atom stereocenters. The number of hydrogen-bond donors (Lipinski definition) is 1. The molecular weight excluding hydrogens is 252 g/mol. The summed E-state index contributed by atoms with van der Waals surface area (Å²) in [5.74, 6) is 2.69. The zero-order valence-electron chi connectivity index (χ0n) is 14.0. The lowest BCUT2D eigenvalue weighted by Crippen LogP contribution is -2.34. The van der Waals surface area contributed by atoms with Crippen LogP contribution in [0.15, 0.2) is 0 Å². The van der Waals surface area contributed by atoms with Crippen molar-refractivity contribution in [3.8, 4) is 0 Å². The van der Waals surface area contributed by atoms with Gasteiger partial charge < -0.3 is 15.0 Å². The van der Waals surface area contributed by atoms with Gasteiger partial charge in [0.1, 0.15) is 17.5 Å². The number of rotatable bonds is 5. The van der Waals surface area contributed by atoms with Crippen molar-refractivity contribution in [2.45, 2.75) is 46.1 Å². The Morgan fingerprint density at radius 3 is 2.35 bits per heavy atom. The average molecular weight is 280 g/mol. The van der Waals surface area contributed by atoms with E-state index in [9.17, 15) is 0 Å². The first-order chi connectivity index (χ1) is 9.22. The molecule has 0 radical (unpaired) electrons. The summed E-state index contributed by atoms with van der Waals surface area (Å²) in [6.45, 7) is 11.2. The molecule has 1 aromatic heterocycles. The predicted octanol–water partition coefficient (Wildman–Crippen LogP) is 2.60. The Kier molecular flexibility index (Phi) is 5.34. The van der Waals surface area contributed by atoms with Gasteiger partial charge in [-0.25, -0.2) is 9.97 Å².